The molecule has 3 aromatic rings. The van der Waals surface area contributed by atoms with Crippen molar-refractivity contribution < 1.29 is 14.1 Å². The van der Waals surface area contributed by atoms with Crippen LogP contribution in [0.4, 0.5) is 38.9 Å². The molecule has 3 rings (SSSR count). The number of carbonyl (C=O) groups is 1. The van der Waals surface area contributed by atoms with Crippen molar-refractivity contribution in [2.24, 2.45) is 0 Å². The number of nitro groups is 1. The summed E-state index contributed by atoms with van der Waals surface area (Å²) in [5, 5.41) is 19.6. The highest BCUT2D eigenvalue weighted by Crippen LogP contribution is 2.28. The molecule has 0 aliphatic rings. The van der Waals surface area contributed by atoms with Gasteiger partial charge in [0.2, 0.25) is 17.7 Å². The van der Waals surface area contributed by atoms with Crippen molar-refractivity contribution in [1.29, 1.82) is 0 Å². The number of nitrogens with one attached hydrogen (secondary N) is 3. The maximum absolute atomic E-state index is 13.0. The highest BCUT2D eigenvalue weighted by Gasteiger charge is 2.18. The summed E-state index contributed by atoms with van der Waals surface area (Å²) in [6, 6.07) is 12.0. The fraction of sp³-hybridized carbons (Fsp3) is 0. The molecule has 0 aliphatic heterocycles. The van der Waals surface area contributed by atoms with E-state index in [1.807, 2.05) is 0 Å². The van der Waals surface area contributed by atoms with Gasteiger partial charge in [-0.2, -0.15) is 4.98 Å². The van der Waals surface area contributed by atoms with Crippen LogP contribution in [-0.4, -0.2) is 20.8 Å². The van der Waals surface area contributed by atoms with E-state index in [9.17, 15) is 19.3 Å². The first-order valence-corrected chi connectivity index (χ1v) is 8.29. The van der Waals surface area contributed by atoms with Crippen LogP contribution in [0.25, 0.3) is 0 Å². The fourth-order valence-electron chi connectivity index (χ4n) is 2.33. The zero-order valence-corrected chi connectivity index (χ0v) is 14.9. The van der Waals surface area contributed by atoms with Crippen LogP contribution in [0, 0.1) is 15.9 Å². The van der Waals surface area contributed by atoms with Crippen molar-refractivity contribution in [3.8, 4) is 0 Å². The maximum atomic E-state index is 13.0. The Balaban J connectivity index is 1.87. The first-order chi connectivity index (χ1) is 13.9. The zero-order valence-electron chi connectivity index (χ0n) is 14.9. The summed E-state index contributed by atoms with van der Waals surface area (Å²) in [6.45, 7) is 3.38. The van der Waals surface area contributed by atoms with Gasteiger partial charge in [-0.05, 0) is 48.5 Å². The van der Waals surface area contributed by atoms with E-state index >= 15 is 0 Å². The predicted octanol–water partition coefficient (Wildman–Crippen LogP) is 4.14. The number of hydrogen-bond donors (Lipinski definition) is 3. The smallest absolute Gasteiger partial charge is 0.329 e. The van der Waals surface area contributed by atoms with Gasteiger partial charge in [0.25, 0.3) is 0 Å². The molecule has 0 fully saturated rings. The SMILES string of the molecule is C=CC(=O)Nc1cccc(Nc2nc(Nc3ccc(F)cc3)ncc2[N+](=O)[O-])c1. The molecule has 1 aromatic heterocycles. The summed E-state index contributed by atoms with van der Waals surface area (Å²) in [5.41, 5.74) is 1.11. The van der Waals surface area contributed by atoms with Crippen LogP contribution in [0.2, 0.25) is 0 Å². The van der Waals surface area contributed by atoms with Gasteiger partial charge in [0.1, 0.15) is 12.0 Å². The Morgan fingerprint density at radius 2 is 1.83 bits per heavy atom. The molecule has 29 heavy (non-hydrogen) atoms. The molecule has 0 spiro atoms. The summed E-state index contributed by atoms with van der Waals surface area (Å²) in [4.78, 5) is 30.2. The van der Waals surface area contributed by atoms with E-state index in [0.717, 1.165) is 12.3 Å². The lowest BCUT2D eigenvalue weighted by molar-refractivity contribution is -0.384. The molecule has 0 aliphatic carbocycles. The molecule has 3 N–H and O–H groups in total. The summed E-state index contributed by atoms with van der Waals surface area (Å²) < 4.78 is 13.0. The second-order valence-electron chi connectivity index (χ2n) is 5.72. The molecule has 0 saturated heterocycles. The van der Waals surface area contributed by atoms with Crippen LogP contribution in [-0.2, 0) is 4.79 Å². The van der Waals surface area contributed by atoms with Crippen LogP contribution in [0.5, 0.6) is 0 Å². The van der Waals surface area contributed by atoms with E-state index in [1.165, 1.54) is 24.3 Å². The summed E-state index contributed by atoms with van der Waals surface area (Å²) in [6.07, 6.45) is 2.19. The first-order valence-electron chi connectivity index (χ1n) is 8.29. The lowest BCUT2D eigenvalue weighted by Crippen LogP contribution is -2.08. The minimum Gasteiger partial charge on any atom is -0.334 e. The van der Waals surface area contributed by atoms with Crippen LogP contribution in [0.1, 0.15) is 0 Å². The fourth-order valence-corrected chi connectivity index (χ4v) is 2.33. The Morgan fingerprint density at radius 3 is 2.52 bits per heavy atom. The van der Waals surface area contributed by atoms with Crippen LogP contribution >= 0.6 is 0 Å². The van der Waals surface area contributed by atoms with E-state index in [2.05, 4.69) is 32.5 Å². The number of carbonyl (C=O) groups excluding carboxylic acids is 1. The minimum atomic E-state index is -0.618. The average molecular weight is 394 g/mol. The molecule has 1 heterocycles. The van der Waals surface area contributed by atoms with Crippen LogP contribution in [0.15, 0.2) is 67.4 Å². The molecule has 0 atom stereocenters. The highest BCUT2D eigenvalue weighted by molar-refractivity contribution is 5.99. The van der Waals surface area contributed by atoms with Gasteiger partial charge in [-0.3, -0.25) is 14.9 Å². The second-order valence-corrected chi connectivity index (χ2v) is 5.72. The Hall–Kier alpha value is -4.34. The monoisotopic (exact) mass is 394 g/mol. The van der Waals surface area contributed by atoms with E-state index in [0.29, 0.717) is 17.1 Å². The summed E-state index contributed by atoms with van der Waals surface area (Å²) in [5.74, 6) is -0.755. The van der Waals surface area contributed by atoms with Crippen molar-refractivity contribution in [2.45, 2.75) is 0 Å². The van der Waals surface area contributed by atoms with Gasteiger partial charge < -0.3 is 16.0 Å². The number of rotatable bonds is 7. The topological polar surface area (TPSA) is 122 Å². The quantitative estimate of drug-likeness (QED) is 0.313. The average Bonchev–Trinajstić information content (AvgIpc) is 2.70. The number of amides is 1. The second kappa shape index (κ2) is 8.57. The number of nitrogens with zero attached hydrogens (tertiary/aromatic N) is 3. The standard InChI is InChI=1S/C19H15FN6O3/c1-2-17(27)22-14-4-3-5-15(10-14)23-18-16(26(28)29)11-21-19(25-18)24-13-8-6-12(20)7-9-13/h2-11H,1H2,(H,22,27)(H2,21,23,24,25). The number of halogens is 1. The van der Waals surface area contributed by atoms with E-state index < -0.39 is 10.7 Å². The molecule has 146 valence electrons. The van der Waals surface area contributed by atoms with Gasteiger partial charge >= 0.3 is 5.69 Å². The largest absolute Gasteiger partial charge is 0.334 e. The van der Waals surface area contributed by atoms with Crippen molar-refractivity contribution >= 4 is 40.4 Å². The molecule has 0 unspecified atom stereocenters. The van der Waals surface area contributed by atoms with Crippen LogP contribution < -0.4 is 16.0 Å². The number of benzene rings is 2. The third-order valence-corrected chi connectivity index (χ3v) is 3.64. The van der Waals surface area contributed by atoms with Crippen molar-refractivity contribution in [3.63, 3.8) is 0 Å². The molecule has 10 heteroatoms. The molecule has 0 saturated carbocycles. The number of hydrogen-bond acceptors (Lipinski definition) is 7. The highest BCUT2D eigenvalue weighted by atomic mass is 19.1. The normalized spacial score (nSPS) is 10.1. The molecular weight excluding hydrogens is 379 g/mol. The molecule has 9 nitrogen and oxygen atoms in total. The van der Waals surface area contributed by atoms with E-state index in [-0.39, 0.29) is 23.4 Å². The van der Waals surface area contributed by atoms with Crippen LogP contribution in [0.3, 0.4) is 0 Å². The van der Waals surface area contributed by atoms with Gasteiger partial charge in [0.05, 0.1) is 4.92 Å². The lowest BCUT2D eigenvalue weighted by Gasteiger charge is -2.10. The Bertz CT molecular complexity index is 1070. The maximum Gasteiger partial charge on any atom is 0.329 e. The van der Waals surface area contributed by atoms with E-state index in [4.69, 9.17) is 0 Å². The minimum absolute atomic E-state index is 0.0539. The van der Waals surface area contributed by atoms with Gasteiger partial charge in [0, 0.05) is 17.1 Å². The zero-order chi connectivity index (χ0) is 20.8. The van der Waals surface area contributed by atoms with Gasteiger partial charge in [0.15, 0.2) is 0 Å². The molecule has 1 amide bonds. The van der Waals surface area contributed by atoms with Gasteiger partial charge in [-0.1, -0.05) is 12.6 Å². The summed E-state index contributed by atoms with van der Waals surface area (Å²) >= 11 is 0. The summed E-state index contributed by atoms with van der Waals surface area (Å²) in [7, 11) is 0. The molecule has 0 bridgehead atoms. The Morgan fingerprint density at radius 1 is 1.10 bits per heavy atom. The Labute approximate surface area is 164 Å². The van der Waals surface area contributed by atoms with Gasteiger partial charge in [-0.25, -0.2) is 9.37 Å². The Kier molecular flexibility index (Phi) is 5.74. The third-order valence-electron chi connectivity index (χ3n) is 3.64. The number of anilines is 5. The predicted molar refractivity (Wildman–Crippen MR) is 107 cm³/mol. The first kappa shape index (κ1) is 19.4. The molecular formula is C19H15FN6O3. The lowest BCUT2D eigenvalue weighted by atomic mass is 10.2. The molecule has 0 radical (unpaired) electrons. The van der Waals surface area contributed by atoms with E-state index in [1.54, 1.807) is 24.3 Å². The molecule has 2 aromatic carbocycles. The van der Waals surface area contributed by atoms with Crippen molar-refractivity contribution in [2.75, 3.05) is 16.0 Å². The van der Waals surface area contributed by atoms with Crippen molar-refractivity contribution in [1.82, 2.24) is 9.97 Å². The number of aromatic nitrogens is 2. The van der Waals surface area contributed by atoms with Gasteiger partial charge in [-0.15, -0.1) is 0 Å². The van der Waals surface area contributed by atoms with Crippen molar-refractivity contribution in [3.05, 3.63) is 83.3 Å². The third kappa shape index (κ3) is 5.10.